The quantitative estimate of drug-likeness (QED) is 0.894. The number of nitrogens with one attached hydrogen (secondary N) is 2. The number of carbonyl (C=O) groups is 1. The summed E-state index contributed by atoms with van der Waals surface area (Å²) in [6.07, 6.45) is 3.53. The summed E-state index contributed by atoms with van der Waals surface area (Å²) >= 11 is 1.74. The van der Waals surface area contributed by atoms with E-state index in [1.54, 1.807) is 24.2 Å². The molecule has 1 unspecified atom stereocenters. The minimum absolute atomic E-state index is 0.0498. The first-order chi connectivity index (χ1) is 10.3. The summed E-state index contributed by atoms with van der Waals surface area (Å²) in [5.74, 6) is 1.73. The lowest BCUT2D eigenvalue weighted by molar-refractivity contribution is -0.122. The molecule has 1 aliphatic heterocycles. The molecule has 1 amide bonds. The lowest BCUT2D eigenvalue weighted by atomic mass is 10.2. The fourth-order valence-electron chi connectivity index (χ4n) is 2.07. The monoisotopic (exact) mass is 300 g/mol. The highest BCUT2D eigenvalue weighted by atomic mass is 32.2. The molecule has 5 nitrogen and oxygen atoms in total. The van der Waals surface area contributed by atoms with Crippen LogP contribution in [0.15, 0.2) is 42.7 Å². The Hall–Kier alpha value is -1.92. The molecule has 1 atom stereocenters. The first kappa shape index (κ1) is 14.0. The first-order valence-electron chi connectivity index (χ1n) is 6.78. The number of carbonyl (C=O) groups excluding carboxylic acids is 1. The normalized spacial score (nSPS) is 17.6. The fraction of sp³-hybridized carbons (Fsp3) is 0.267. The topological polar surface area (TPSA) is 66.9 Å². The molecule has 21 heavy (non-hydrogen) atoms. The van der Waals surface area contributed by atoms with E-state index in [1.165, 1.54) is 0 Å². The zero-order valence-electron chi connectivity index (χ0n) is 11.5. The number of hydrogen-bond acceptors (Lipinski definition) is 5. The van der Waals surface area contributed by atoms with Crippen molar-refractivity contribution in [2.45, 2.75) is 12.6 Å². The minimum Gasteiger partial charge on any atom is -0.351 e. The van der Waals surface area contributed by atoms with Crippen molar-refractivity contribution in [2.24, 2.45) is 0 Å². The highest BCUT2D eigenvalue weighted by Crippen LogP contribution is 2.13. The summed E-state index contributed by atoms with van der Waals surface area (Å²) in [6, 6.07) is 9.55. The van der Waals surface area contributed by atoms with Crippen LogP contribution in [0, 0.1) is 0 Å². The number of amides is 1. The van der Waals surface area contributed by atoms with Gasteiger partial charge in [0.1, 0.15) is 0 Å². The van der Waals surface area contributed by atoms with Gasteiger partial charge in [0.25, 0.3) is 0 Å². The molecule has 0 saturated carbocycles. The second kappa shape index (κ2) is 6.69. The third-order valence-electron chi connectivity index (χ3n) is 3.25. The van der Waals surface area contributed by atoms with Crippen LogP contribution in [0.25, 0.3) is 11.4 Å². The summed E-state index contributed by atoms with van der Waals surface area (Å²) < 4.78 is 0. The second-order valence-corrected chi connectivity index (χ2v) is 5.79. The number of pyridine rings is 2. The third kappa shape index (κ3) is 3.59. The van der Waals surface area contributed by atoms with Crippen LogP contribution in [0.1, 0.15) is 5.56 Å². The Morgan fingerprint density at radius 2 is 2.19 bits per heavy atom. The molecule has 1 fully saturated rings. The van der Waals surface area contributed by atoms with Gasteiger partial charge in [0.2, 0.25) is 5.91 Å². The molecule has 0 bridgehead atoms. The Morgan fingerprint density at radius 3 is 2.86 bits per heavy atom. The average Bonchev–Trinajstić information content (AvgIpc) is 3.08. The van der Waals surface area contributed by atoms with Crippen molar-refractivity contribution in [3.8, 4) is 11.4 Å². The number of hydrogen-bond donors (Lipinski definition) is 2. The van der Waals surface area contributed by atoms with Gasteiger partial charge in [0, 0.05) is 30.6 Å². The van der Waals surface area contributed by atoms with Gasteiger partial charge in [-0.2, -0.15) is 0 Å². The van der Waals surface area contributed by atoms with Gasteiger partial charge in [0.05, 0.1) is 17.4 Å². The Bertz CT molecular complexity index is 597. The minimum atomic E-state index is -0.0734. The molecular formula is C15H16N4OS. The maximum Gasteiger partial charge on any atom is 0.238 e. The van der Waals surface area contributed by atoms with Crippen molar-refractivity contribution in [1.29, 1.82) is 0 Å². The van der Waals surface area contributed by atoms with Crippen molar-refractivity contribution >= 4 is 17.7 Å². The van der Waals surface area contributed by atoms with Gasteiger partial charge in [-0.3, -0.25) is 20.1 Å². The maximum atomic E-state index is 11.9. The van der Waals surface area contributed by atoms with Gasteiger partial charge < -0.3 is 5.32 Å². The van der Waals surface area contributed by atoms with Gasteiger partial charge in [-0.05, 0) is 23.8 Å². The number of thioether (sulfide) groups is 1. The van der Waals surface area contributed by atoms with E-state index < -0.39 is 0 Å². The molecule has 0 spiro atoms. The fourth-order valence-corrected chi connectivity index (χ4v) is 3.01. The van der Waals surface area contributed by atoms with Crippen molar-refractivity contribution in [2.75, 3.05) is 11.6 Å². The number of nitrogens with zero attached hydrogens (tertiary/aromatic N) is 2. The van der Waals surface area contributed by atoms with Crippen LogP contribution in [0.4, 0.5) is 0 Å². The Labute approximate surface area is 127 Å². The van der Waals surface area contributed by atoms with Crippen LogP contribution in [-0.4, -0.2) is 33.5 Å². The zero-order valence-corrected chi connectivity index (χ0v) is 12.3. The van der Waals surface area contributed by atoms with Gasteiger partial charge in [-0.1, -0.05) is 12.1 Å². The SMILES string of the molecule is O=C(NCc1ccc(-c2ccccn2)nc1)C1CSCN1. The summed E-state index contributed by atoms with van der Waals surface area (Å²) in [4.78, 5) is 20.5. The van der Waals surface area contributed by atoms with Gasteiger partial charge in [0.15, 0.2) is 0 Å². The van der Waals surface area contributed by atoms with E-state index >= 15 is 0 Å². The molecule has 0 aromatic carbocycles. The Balaban J connectivity index is 1.58. The second-order valence-electron chi connectivity index (χ2n) is 4.76. The molecule has 2 aromatic rings. The summed E-state index contributed by atoms with van der Waals surface area (Å²) in [5, 5.41) is 6.08. The number of rotatable bonds is 4. The molecule has 1 aliphatic rings. The molecule has 1 saturated heterocycles. The van der Waals surface area contributed by atoms with Crippen molar-refractivity contribution in [1.82, 2.24) is 20.6 Å². The molecule has 2 aromatic heterocycles. The van der Waals surface area contributed by atoms with Crippen LogP contribution >= 0.6 is 11.8 Å². The van der Waals surface area contributed by atoms with E-state index in [4.69, 9.17) is 0 Å². The van der Waals surface area contributed by atoms with Crippen molar-refractivity contribution < 1.29 is 4.79 Å². The molecule has 0 aliphatic carbocycles. The highest BCUT2D eigenvalue weighted by Gasteiger charge is 2.21. The van der Waals surface area contributed by atoms with E-state index in [0.29, 0.717) is 6.54 Å². The van der Waals surface area contributed by atoms with E-state index in [1.807, 2.05) is 30.3 Å². The van der Waals surface area contributed by atoms with Crippen LogP contribution in [-0.2, 0) is 11.3 Å². The largest absolute Gasteiger partial charge is 0.351 e. The Kier molecular flexibility index (Phi) is 4.47. The summed E-state index contributed by atoms with van der Waals surface area (Å²) in [5.41, 5.74) is 2.66. The molecule has 2 N–H and O–H groups in total. The third-order valence-corrected chi connectivity index (χ3v) is 4.19. The van der Waals surface area contributed by atoms with Crippen LogP contribution in [0.3, 0.4) is 0 Å². The Morgan fingerprint density at radius 1 is 1.29 bits per heavy atom. The molecule has 3 rings (SSSR count). The molecule has 0 radical (unpaired) electrons. The zero-order chi connectivity index (χ0) is 14.5. The van der Waals surface area contributed by atoms with E-state index in [9.17, 15) is 4.79 Å². The highest BCUT2D eigenvalue weighted by molar-refractivity contribution is 7.99. The summed E-state index contributed by atoms with van der Waals surface area (Å²) in [6.45, 7) is 0.497. The molecule has 3 heterocycles. The van der Waals surface area contributed by atoms with Crippen molar-refractivity contribution in [3.63, 3.8) is 0 Å². The molecule has 108 valence electrons. The predicted octanol–water partition coefficient (Wildman–Crippen LogP) is 1.42. The van der Waals surface area contributed by atoms with Crippen LogP contribution in [0.5, 0.6) is 0 Å². The van der Waals surface area contributed by atoms with E-state index in [-0.39, 0.29) is 11.9 Å². The lowest BCUT2D eigenvalue weighted by Gasteiger charge is -2.10. The van der Waals surface area contributed by atoms with Crippen LogP contribution in [0.2, 0.25) is 0 Å². The summed E-state index contributed by atoms with van der Waals surface area (Å²) in [7, 11) is 0. The van der Waals surface area contributed by atoms with E-state index in [0.717, 1.165) is 28.6 Å². The van der Waals surface area contributed by atoms with Gasteiger partial charge in [-0.25, -0.2) is 0 Å². The standard InChI is InChI=1S/C15H16N4OS/c20-15(14-9-21-10-19-14)18-8-11-4-5-13(17-7-11)12-3-1-2-6-16-12/h1-7,14,19H,8-10H2,(H,18,20). The first-order valence-corrected chi connectivity index (χ1v) is 7.93. The molecule has 6 heteroatoms. The smallest absolute Gasteiger partial charge is 0.238 e. The number of aromatic nitrogens is 2. The van der Waals surface area contributed by atoms with E-state index in [2.05, 4.69) is 20.6 Å². The lowest BCUT2D eigenvalue weighted by Crippen LogP contribution is -2.41. The maximum absolute atomic E-state index is 11.9. The van der Waals surface area contributed by atoms with Gasteiger partial charge in [-0.15, -0.1) is 11.8 Å². The van der Waals surface area contributed by atoms with Crippen LogP contribution < -0.4 is 10.6 Å². The average molecular weight is 300 g/mol. The predicted molar refractivity (Wildman–Crippen MR) is 83.6 cm³/mol. The molecular weight excluding hydrogens is 284 g/mol. The van der Waals surface area contributed by atoms with Crippen molar-refractivity contribution in [3.05, 3.63) is 48.3 Å². The van der Waals surface area contributed by atoms with Gasteiger partial charge >= 0.3 is 0 Å².